The number of hydrogen-bond donors (Lipinski definition) is 4. The number of amides is 1. The van der Waals surface area contributed by atoms with Crippen LogP contribution in [-0.4, -0.2) is 64.9 Å². The predicted molar refractivity (Wildman–Crippen MR) is 236 cm³/mol. The van der Waals surface area contributed by atoms with Gasteiger partial charge in [0.1, 0.15) is 12.7 Å². The Morgan fingerprint density at radius 3 is 1.31 bits per heavy atom. The van der Waals surface area contributed by atoms with Gasteiger partial charge in [-0.3, -0.25) is 18.6 Å². The zero-order valence-electron chi connectivity index (χ0n) is 36.9. The Hall–Kier alpha value is -2.04. The molecule has 340 valence electrons. The summed E-state index contributed by atoms with van der Waals surface area (Å²) in [5.74, 6) is -2.38. The van der Waals surface area contributed by atoms with E-state index in [4.69, 9.17) is 13.8 Å². The Kier molecular flexibility index (Phi) is 40.2. The van der Waals surface area contributed by atoms with Crippen molar-refractivity contribution in [1.29, 1.82) is 0 Å². The van der Waals surface area contributed by atoms with Crippen molar-refractivity contribution in [3.8, 4) is 0 Å². The summed E-state index contributed by atoms with van der Waals surface area (Å²) in [6.07, 6.45) is 43.4. The molecule has 0 radical (unpaired) electrons. The standard InChI is InChI=1S/C46H86NO10P/c1-3-5-7-9-11-13-15-17-19-21-22-23-25-27-29-31-33-35-37-44(49)47-43(46(51)52)41-57-58(53,54)56-40-42(48)39-55-45(50)38-36-34-32-30-28-26-24-20-18-16-14-12-10-8-6-4-2/h19-21,24,42-43,48H,3-18,22-23,25-41H2,1-2H3,(H,47,49)(H,51,52)(H,53,54)/b21-19-,24-20-. The fourth-order valence-electron chi connectivity index (χ4n) is 6.54. The number of phosphoric acid groups is 1. The summed E-state index contributed by atoms with van der Waals surface area (Å²) in [5.41, 5.74) is 0. The van der Waals surface area contributed by atoms with Crippen LogP contribution in [0, 0.1) is 0 Å². The van der Waals surface area contributed by atoms with Gasteiger partial charge < -0.3 is 25.2 Å². The van der Waals surface area contributed by atoms with Gasteiger partial charge in [-0.05, 0) is 64.2 Å². The van der Waals surface area contributed by atoms with E-state index in [9.17, 15) is 34.1 Å². The Bertz CT molecular complexity index is 1080. The van der Waals surface area contributed by atoms with E-state index in [2.05, 4.69) is 43.5 Å². The molecule has 3 atom stereocenters. The maximum Gasteiger partial charge on any atom is 0.472 e. The van der Waals surface area contributed by atoms with Gasteiger partial charge in [0, 0.05) is 12.8 Å². The van der Waals surface area contributed by atoms with Crippen molar-refractivity contribution >= 4 is 25.7 Å². The van der Waals surface area contributed by atoms with Crippen LogP contribution >= 0.6 is 7.82 Å². The highest BCUT2D eigenvalue weighted by Gasteiger charge is 2.28. The first-order valence-electron chi connectivity index (χ1n) is 23.4. The summed E-state index contributed by atoms with van der Waals surface area (Å²) < 4.78 is 26.9. The van der Waals surface area contributed by atoms with E-state index in [1.165, 1.54) is 109 Å². The average Bonchev–Trinajstić information content (AvgIpc) is 3.20. The minimum atomic E-state index is -4.76. The van der Waals surface area contributed by atoms with Crippen molar-refractivity contribution in [2.45, 2.75) is 231 Å². The molecule has 4 N–H and O–H groups in total. The van der Waals surface area contributed by atoms with Gasteiger partial charge in [0.05, 0.1) is 13.2 Å². The Morgan fingerprint density at radius 2 is 0.897 bits per heavy atom. The summed E-state index contributed by atoms with van der Waals surface area (Å²) in [6.45, 7) is 2.60. The number of unbranched alkanes of at least 4 members (excludes halogenated alkanes) is 26. The Balaban J connectivity index is 3.88. The maximum atomic E-state index is 12.3. The van der Waals surface area contributed by atoms with E-state index in [1.807, 2.05) is 0 Å². The first-order chi connectivity index (χ1) is 28.1. The molecule has 0 fully saturated rings. The minimum absolute atomic E-state index is 0.142. The lowest BCUT2D eigenvalue weighted by atomic mass is 10.1. The second-order valence-corrected chi connectivity index (χ2v) is 17.4. The molecule has 12 heteroatoms. The lowest BCUT2D eigenvalue weighted by Crippen LogP contribution is -2.43. The highest BCUT2D eigenvalue weighted by Crippen LogP contribution is 2.43. The largest absolute Gasteiger partial charge is 0.480 e. The van der Waals surface area contributed by atoms with E-state index in [-0.39, 0.29) is 12.8 Å². The molecule has 0 aliphatic heterocycles. The second kappa shape index (κ2) is 41.7. The molecule has 1 amide bonds. The number of carbonyl (C=O) groups excluding carboxylic acids is 2. The van der Waals surface area contributed by atoms with Crippen LogP contribution in [0.4, 0.5) is 0 Å². The summed E-state index contributed by atoms with van der Waals surface area (Å²) in [7, 11) is -4.76. The van der Waals surface area contributed by atoms with Crippen molar-refractivity contribution in [3.63, 3.8) is 0 Å². The van der Waals surface area contributed by atoms with Gasteiger partial charge >= 0.3 is 19.8 Å². The fraction of sp³-hybridized carbons (Fsp3) is 0.848. The van der Waals surface area contributed by atoms with E-state index in [1.54, 1.807) is 0 Å². The maximum absolute atomic E-state index is 12.3. The average molecular weight is 844 g/mol. The van der Waals surface area contributed by atoms with Gasteiger partial charge in [-0.25, -0.2) is 9.36 Å². The monoisotopic (exact) mass is 844 g/mol. The van der Waals surface area contributed by atoms with Gasteiger partial charge in [-0.1, -0.05) is 167 Å². The molecule has 0 rings (SSSR count). The zero-order chi connectivity index (χ0) is 42.8. The number of hydrogen-bond acceptors (Lipinski definition) is 8. The number of carboxylic acids is 1. The molecule has 0 aromatic heterocycles. The number of allylic oxidation sites excluding steroid dienone is 4. The number of aliphatic carboxylic acids is 1. The molecule has 0 spiro atoms. The van der Waals surface area contributed by atoms with E-state index >= 15 is 0 Å². The van der Waals surface area contributed by atoms with Crippen LogP contribution in [0.15, 0.2) is 24.3 Å². The van der Waals surface area contributed by atoms with E-state index in [0.717, 1.165) is 70.6 Å². The molecule has 0 aliphatic carbocycles. The molecule has 0 saturated heterocycles. The van der Waals surface area contributed by atoms with Gasteiger partial charge in [0.15, 0.2) is 6.04 Å². The number of carboxylic acid groups (broad SMARTS) is 1. The molecule has 0 heterocycles. The molecule has 0 aromatic carbocycles. The molecule has 3 unspecified atom stereocenters. The SMILES string of the molecule is CCCCCCCCC/C=C\CCCCCCCCCC(=O)NC(COP(=O)(O)OCC(O)COC(=O)CCCCCCC/C=C\CCCCCCCCC)C(=O)O. The Labute approximate surface area is 353 Å². The summed E-state index contributed by atoms with van der Waals surface area (Å²) in [5, 5.41) is 21.9. The van der Waals surface area contributed by atoms with E-state index < -0.39 is 57.6 Å². The quantitative estimate of drug-likeness (QED) is 0.0200. The molecular weight excluding hydrogens is 757 g/mol. The molecule has 0 aliphatic rings. The summed E-state index contributed by atoms with van der Waals surface area (Å²) >= 11 is 0. The fourth-order valence-corrected chi connectivity index (χ4v) is 7.31. The van der Waals surface area contributed by atoms with Gasteiger partial charge in [-0.2, -0.15) is 0 Å². The molecule has 0 bridgehead atoms. The third-order valence-corrected chi connectivity index (χ3v) is 11.2. The number of aliphatic hydroxyl groups excluding tert-OH is 1. The van der Waals surface area contributed by atoms with Crippen LogP contribution in [0.1, 0.15) is 219 Å². The topological polar surface area (TPSA) is 169 Å². The zero-order valence-corrected chi connectivity index (χ0v) is 37.8. The highest BCUT2D eigenvalue weighted by molar-refractivity contribution is 7.47. The van der Waals surface area contributed by atoms with Crippen molar-refractivity contribution < 1.29 is 47.8 Å². The van der Waals surface area contributed by atoms with Gasteiger partial charge in [0.2, 0.25) is 5.91 Å². The normalized spacial score (nSPS) is 13.9. The number of phosphoric ester groups is 1. The van der Waals surface area contributed by atoms with Crippen LogP contribution in [0.3, 0.4) is 0 Å². The van der Waals surface area contributed by atoms with Crippen LogP contribution in [0.2, 0.25) is 0 Å². The summed E-state index contributed by atoms with van der Waals surface area (Å²) in [6, 6.07) is -1.55. The Morgan fingerprint density at radius 1 is 0.534 bits per heavy atom. The van der Waals surface area contributed by atoms with Crippen molar-refractivity contribution in [2.75, 3.05) is 19.8 Å². The highest BCUT2D eigenvalue weighted by atomic mass is 31.2. The number of aliphatic hydroxyl groups is 1. The molecule has 11 nitrogen and oxygen atoms in total. The van der Waals surface area contributed by atoms with Crippen molar-refractivity contribution in [2.24, 2.45) is 0 Å². The van der Waals surface area contributed by atoms with Crippen LogP contribution in [-0.2, 0) is 32.7 Å². The van der Waals surface area contributed by atoms with Crippen LogP contribution in [0.25, 0.3) is 0 Å². The molecular formula is C46H86NO10P. The molecule has 58 heavy (non-hydrogen) atoms. The van der Waals surface area contributed by atoms with Crippen molar-refractivity contribution in [1.82, 2.24) is 5.32 Å². The third-order valence-electron chi connectivity index (χ3n) is 10.2. The van der Waals surface area contributed by atoms with Gasteiger partial charge in [-0.15, -0.1) is 0 Å². The summed E-state index contributed by atoms with van der Waals surface area (Å²) in [4.78, 5) is 46.0. The second-order valence-electron chi connectivity index (χ2n) is 15.9. The molecule has 0 saturated carbocycles. The third kappa shape index (κ3) is 40.7. The first-order valence-corrected chi connectivity index (χ1v) is 24.9. The van der Waals surface area contributed by atoms with Crippen molar-refractivity contribution in [3.05, 3.63) is 24.3 Å². The number of esters is 1. The van der Waals surface area contributed by atoms with Gasteiger partial charge in [0.25, 0.3) is 0 Å². The lowest BCUT2D eigenvalue weighted by molar-refractivity contribution is -0.147. The predicted octanol–water partition coefficient (Wildman–Crippen LogP) is 12.2. The molecule has 0 aromatic rings. The number of nitrogens with one attached hydrogen (secondary N) is 1. The minimum Gasteiger partial charge on any atom is -0.480 e. The van der Waals surface area contributed by atoms with Crippen LogP contribution < -0.4 is 5.32 Å². The number of carbonyl (C=O) groups is 3. The number of rotatable bonds is 44. The van der Waals surface area contributed by atoms with Crippen LogP contribution in [0.5, 0.6) is 0 Å². The number of ether oxygens (including phenoxy) is 1. The first kappa shape index (κ1) is 56.0. The van der Waals surface area contributed by atoms with E-state index in [0.29, 0.717) is 12.8 Å². The smallest absolute Gasteiger partial charge is 0.472 e. The lowest BCUT2D eigenvalue weighted by Gasteiger charge is -2.18.